The Bertz CT molecular complexity index is 796. The number of carbonyl (C=O) groups is 2. The van der Waals surface area contributed by atoms with Gasteiger partial charge in [-0.1, -0.05) is 0 Å². The van der Waals surface area contributed by atoms with Crippen LogP contribution in [-0.2, 0) is 24.3 Å². The molecule has 14 heteroatoms. The van der Waals surface area contributed by atoms with E-state index in [2.05, 4.69) is 15.1 Å². The van der Waals surface area contributed by atoms with Crippen molar-refractivity contribution in [3.8, 4) is 0 Å². The lowest BCUT2D eigenvalue weighted by Gasteiger charge is -2.29. The molecule has 3 heterocycles. The minimum absolute atomic E-state index is 0.0649. The SMILES string of the molecule is O=C(NOCC1=CC(O)C(O)=CN1)[C@@H]1CCC2CN1C(=O)N2OS(=O)(=O)O. The molecule has 2 fully saturated rings. The summed E-state index contributed by atoms with van der Waals surface area (Å²) >= 11 is 0. The van der Waals surface area contributed by atoms with E-state index in [4.69, 9.17) is 9.39 Å². The van der Waals surface area contributed by atoms with Crippen LogP contribution < -0.4 is 10.8 Å². The van der Waals surface area contributed by atoms with Crippen LogP contribution in [0.5, 0.6) is 0 Å². The zero-order chi connectivity index (χ0) is 19.8. The van der Waals surface area contributed by atoms with Crippen molar-refractivity contribution in [2.45, 2.75) is 31.0 Å². The van der Waals surface area contributed by atoms with Gasteiger partial charge in [0, 0.05) is 18.4 Å². The molecule has 0 saturated carbocycles. The average Bonchev–Trinajstić information content (AvgIpc) is 2.81. The molecule has 3 atom stereocenters. The van der Waals surface area contributed by atoms with E-state index >= 15 is 0 Å². The quantitative estimate of drug-likeness (QED) is 0.252. The van der Waals surface area contributed by atoms with E-state index < -0.39 is 40.5 Å². The van der Waals surface area contributed by atoms with E-state index in [1.165, 1.54) is 12.3 Å². The second kappa shape index (κ2) is 7.32. The van der Waals surface area contributed by atoms with Crippen molar-refractivity contribution in [3.63, 3.8) is 0 Å². The van der Waals surface area contributed by atoms with Gasteiger partial charge in [0.1, 0.15) is 24.5 Å². The lowest BCUT2D eigenvalue weighted by molar-refractivity contribution is -0.138. The molecule has 27 heavy (non-hydrogen) atoms. The first kappa shape index (κ1) is 19.4. The lowest BCUT2D eigenvalue weighted by Crippen LogP contribution is -2.50. The molecule has 0 aliphatic carbocycles. The number of aliphatic hydroxyl groups is 2. The molecule has 2 bridgehead atoms. The van der Waals surface area contributed by atoms with Crippen molar-refractivity contribution in [2.75, 3.05) is 13.2 Å². The van der Waals surface area contributed by atoms with Crippen molar-refractivity contribution in [2.24, 2.45) is 0 Å². The highest BCUT2D eigenvalue weighted by atomic mass is 32.3. The summed E-state index contributed by atoms with van der Waals surface area (Å²) in [6.45, 7) is -0.0662. The van der Waals surface area contributed by atoms with Gasteiger partial charge in [0.25, 0.3) is 5.91 Å². The van der Waals surface area contributed by atoms with Crippen molar-refractivity contribution < 1.29 is 41.9 Å². The molecule has 0 aromatic heterocycles. The summed E-state index contributed by atoms with van der Waals surface area (Å²) in [6, 6.07) is -2.34. The van der Waals surface area contributed by atoms with Crippen LogP contribution in [0, 0.1) is 0 Å². The minimum Gasteiger partial charge on any atom is -0.508 e. The molecule has 3 rings (SSSR count). The molecule has 13 nitrogen and oxygen atoms in total. The second-order valence-corrected chi connectivity index (χ2v) is 7.12. The first-order chi connectivity index (χ1) is 12.7. The molecule has 2 saturated heterocycles. The van der Waals surface area contributed by atoms with E-state index in [-0.39, 0.29) is 25.3 Å². The normalized spacial score (nSPS) is 27.8. The van der Waals surface area contributed by atoms with Gasteiger partial charge in [-0.3, -0.25) is 14.2 Å². The Hall–Kier alpha value is -2.39. The monoisotopic (exact) mass is 406 g/mol. The number of nitrogens with zero attached hydrogens (tertiary/aromatic N) is 2. The van der Waals surface area contributed by atoms with Gasteiger partial charge in [0.05, 0.1) is 6.04 Å². The number of nitrogens with one attached hydrogen (secondary N) is 2. The molecule has 2 unspecified atom stereocenters. The minimum atomic E-state index is -4.85. The van der Waals surface area contributed by atoms with Crippen LogP contribution in [0.2, 0.25) is 0 Å². The number of aliphatic hydroxyl groups excluding tert-OH is 2. The molecule has 0 spiro atoms. The predicted octanol–water partition coefficient (Wildman–Crippen LogP) is -1.72. The van der Waals surface area contributed by atoms with Crippen molar-refractivity contribution in [3.05, 3.63) is 23.7 Å². The molecular weight excluding hydrogens is 388 g/mol. The highest BCUT2D eigenvalue weighted by molar-refractivity contribution is 7.80. The molecule has 0 aromatic carbocycles. The van der Waals surface area contributed by atoms with Gasteiger partial charge in [0.2, 0.25) is 0 Å². The van der Waals surface area contributed by atoms with E-state index in [9.17, 15) is 28.2 Å². The maximum Gasteiger partial charge on any atom is 0.418 e. The number of dihydropyridines is 1. The van der Waals surface area contributed by atoms with Crippen LogP contribution in [0.25, 0.3) is 0 Å². The number of hydroxylamine groups is 3. The maximum absolute atomic E-state index is 12.3. The van der Waals surface area contributed by atoms with E-state index in [1.807, 2.05) is 0 Å². The number of piperidine rings is 1. The topological polar surface area (TPSA) is 178 Å². The van der Waals surface area contributed by atoms with E-state index in [0.29, 0.717) is 17.2 Å². The lowest BCUT2D eigenvalue weighted by atomic mass is 10.0. The van der Waals surface area contributed by atoms with Crippen molar-refractivity contribution in [1.29, 1.82) is 0 Å². The highest BCUT2D eigenvalue weighted by Gasteiger charge is 2.49. The molecule has 0 aromatic rings. The number of urea groups is 1. The van der Waals surface area contributed by atoms with Gasteiger partial charge in [-0.25, -0.2) is 10.3 Å². The smallest absolute Gasteiger partial charge is 0.418 e. The Kier molecular flexibility index (Phi) is 5.25. The average molecular weight is 406 g/mol. The molecule has 150 valence electrons. The Balaban J connectivity index is 1.53. The van der Waals surface area contributed by atoms with E-state index in [1.54, 1.807) is 0 Å². The second-order valence-electron chi connectivity index (χ2n) is 6.12. The number of carbonyl (C=O) groups excluding carboxylic acids is 2. The van der Waals surface area contributed by atoms with Crippen LogP contribution >= 0.6 is 0 Å². The van der Waals surface area contributed by atoms with Crippen LogP contribution in [0.3, 0.4) is 0 Å². The zero-order valence-corrected chi connectivity index (χ0v) is 14.6. The maximum atomic E-state index is 12.3. The predicted molar refractivity (Wildman–Crippen MR) is 85.4 cm³/mol. The summed E-state index contributed by atoms with van der Waals surface area (Å²) in [5.74, 6) is -0.880. The molecular formula is C13H18N4O9S. The van der Waals surface area contributed by atoms with Crippen LogP contribution in [-0.4, -0.2) is 76.4 Å². The summed E-state index contributed by atoms with van der Waals surface area (Å²) < 4.78 is 34.7. The number of fused-ring (bicyclic) bond motifs is 2. The molecule has 3 aliphatic rings. The Morgan fingerprint density at radius 3 is 2.81 bits per heavy atom. The largest absolute Gasteiger partial charge is 0.508 e. The first-order valence-corrected chi connectivity index (χ1v) is 9.25. The molecule has 3 aliphatic heterocycles. The van der Waals surface area contributed by atoms with Gasteiger partial charge >= 0.3 is 16.4 Å². The fourth-order valence-electron chi connectivity index (χ4n) is 3.02. The highest BCUT2D eigenvalue weighted by Crippen LogP contribution is 2.30. The summed E-state index contributed by atoms with van der Waals surface area (Å²) in [5, 5.41) is 21.9. The van der Waals surface area contributed by atoms with E-state index in [0.717, 1.165) is 4.90 Å². The summed E-state index contributed by atoms with van der Waals surface area (Å²) in [6.07, 6.45) is 1.83. The number of rotatable bonds is 6. The Labute approximate surface area is 153 Å². The Morgan fingerprint density at radius 2 is 2.15 bits per heavy atom. The third-order valence-corrected chi connectivity index (χ3v) is 4.62. The fourth-order valence-corrected chi connectivity index (χ4v) is 3.41. The molecule has 0 radical (unpaired) electrons. The fraction of sp³-hybridized carbons (Fsp3) is 0.538. The van der Waals surface area contributed by atoms with Crippen LogP contribution in [0.1, 0.15) is 12.8 Å². The summed E-state index contributed by atoms with van der Waals surface area (Å²) in [7, 11) is -4.85. The molecule has 5 N–H and O–H groups in total. The third-order valence-electron chi connectivity index (χ3n) is 4.27. The summed E-state index contributed by atoms with van der Waals surface area (Å²) in [5.41, 5.74) is 2.58. The number of amides is 3. The number of hydrogen-bond donors (Lipinski definition) is 5. The van der Waals surface area contributed by atoms with Crippen LogP contribution in [0.15, 0.2) is 23.7 Å². The van der Waals surface area contributed by atoms with Crippen molar-refractivity contribution in [1.82, 2.24) is 20.8 Å². The van der Waals surface area contributed by atoms with Gasteiger partial charge in [-0.05, 0) is 18.9 Å². The van der Waals surface area contributed by atoms with Gasteiger partial charge < -0.3 is 20.4 Å². The summed E-state index contributed by atoms with van der Waals surface area (Å²) in [4.78, 5) is 30.7. The number of hydrogen-bond acceptors (Lipinski definition) is 9. The third kappa shape index (κ3) is 4.30. The Morgan fingerprint density at radius 1 is 1.41 bits per heavy atom. The van der Waals surface area contributed by atoms with Crippen LogP contribution in [0.4, 0.5) is 4.79 Å². The van der Waals surface area contributed by atoms with Gasteiger partial charge in [-0.15, -0.1) is 4.28 Å². The standard InChI is InChI=1S/C13H18N4O9S/c18-10-3-7(14-4-11(10)19)6-25-15-12(20)9-2-1-8-5-16(9)13(21)17(8)26-27(22,23)24/h3-4,8-10,14,18-19H,1-2,5-6H2,(H,15,20)(H,22,23,24)/t8?,9-,10?/m0/s1. The van der Waals surface area contributed by atoms with Gasteiger partial charge in [-0.2, -0.15) is 13.5 Å². The van der Waals surface area contributed by atoms with Gasteiger partial charge in [0.15, 0.2) is 0 Å². The zero-order valence-electron chi connectivity index (χ0n) is 13.8. The first-order valence-electron chi connectivity index (χ1n) is 7.88. The molecule has 3 amide bonds. The van der Waals surface area contributed by atoms with Crippen molar-refractivity contribution >= 4 is 22.3 Å².